The minimum absolute atomic E-state index is 0.00993. The molecule has 0 aliphatic heterocycles. The lowest BCUT2D eigenvalue weighted by Gasteiger charge is -2.12. The van der Waals surface area contributed by atoms with Gasteiger partial charge in [-0.3, -0.25) is 9.36 Å². The lowest BCUT2D eigenvalue weighted by molar-refractivity contribution is -0.118. The molecule has 0 unspecified atom stereocenters. The Morgan fingerprint density at radius 1 is 1.29 bits per heavy atom. The SMILES string of the molecule is COCCCNC(=O)CSc1nnc(C)n1-c1cc(C)ccc1C. The quantitative estimate of drug-likeness (QED) is 0.586. The number of nitrogens with zero attached hydrogens (tertiary/aromatic N) is 3. The van der Waals surface area contributed by atoms with Crippen molar-refractivity contribution in [2.24, 2.45) is 0 Å². The molecule has 1 aromatic heterocycles. The topological polar surface area (TPSA) is 69.0 Å². The molecule has 130 valence electrons. The van der Waals surface area contributed by atoms with Gasteiger partial charge >= 0.3 is 0 Å². The summed E-state index contributed by atoms with van der Waals surface area (Å²) in [5.41, 5.74) is 3.38. The van der Waals surface area contributed by atoms with Crippen molar-refractivity contribution in [3.8, 4) is 5.69 Å². The summed E-state index contributed by atoms with van der Waals surface area (Å²) in [7, 11) is 1.65. The molecule has 0 atom stereocenters. The third kappa shape index (κ3) is 4.82. The van der Waals surface area contributed by atoms with Crippen LogP contribution >= 0.6 is 11.8 Å². The van der Waals surface area contributed by atoms with Crippen molar-refractivity contribution in [3.63, 3.8) is 0 Å². The number of aryl methyl sites for hydroxylation is 3. The van der Waals surface area contributed by atoms with E-state index in [1.54, 1.807) is 7.11 Å². The van der Waals surface area contributed by atoms with Crippen LogP contribution in [0.25, 0.3) is 5.69 Å². The summed E-state index contributed by atoms with van der Waals surface area (Å²) < 4.78 is 6.97. The van der Waals surface area contributed by atoms with Crippen LogP contribution < -0.4 is 5.32 Å². The Kier molecular flexibility index (Phi) is 6.81. The summed E-state index contributed by atoms with van der Waals surface area (Å²) in [5, 5.41) is 12.0. The van der Waals surface area contributed by atoms with Crippen molar-refractivity contribution in [1.82, 2.24) is 20.1 Å². The number of amides is 1. The zero-order valence-corrected chi connectivity index (χ0v) is 15.4. The third-order valence-electron chi connectivity index (χ3n) is 3.58. The minimum Gasteiger partial charge on any atom is -0.385 e. The number of aromatic nitrogens is 3. The highest BCUT2D eigenvalue weighted by Gasteiger charge is 2.14. The molecule has 1 amide bonds. The van der Waals surface area contributed by atoms with E-state index in [-0.39, 0.29) is 5.91 Å². The number of benzene rings is 1. The lowest BCUT2D eigenvalue weighted by Crippen LogP contribution is -2.27. The van der Waals surface area contributed by atoms with Crippen molar-refractivity contribution in [3.05, 3.63) is 35.2 Å². The van der Waals surface area contributed by atoms with E-state index in [1.807, 2.05) is 11.5 Å². The van der Waals surface area contributed by atoms with Crippen LogP contribution in [0.2, 0.25) is 0 Å². The summed E-state index contributed by atoms with van der Waals surface area (Å²) in [6, 6.07) is 6.28. The summed E-state index contributed by atoms with van der Waals surface area (Å²) in [6.07, 6.45) is 0.810. The van der Waals surface area contributed by atoms with Gasteiger partial charge in [-0.05, 0) is 44.4 Å². The first-order chi connectivity index (χ1) is 11.5. The molecule has 0 fully saturated rings. The van der Waals surface area contributed by atoms with Crippen molar-refractivity contribution >= 4 is 17.7 Å². The number of carbonyl (C=O) groups excluding carboxylic acids is 1. The van der Waals surface area contributed by atoms with Gasteiger partial charge in [0.15, 0.2) is 5.16 Å². The second kappa shape index (κ2) is 8.84. The van der Waals surface area contributed by atoms with Gasteiger partial charge in [0.2, 0.25) is 5.91 Å². The van der Waals surface area contributed by atoms with E-state index in [0.29, 0.717) is 18.9 Å². The molecule has 0 saturated carbocycles. The smallest absolute Gasteiger partial charge is 0.230 e. The van der Waals surface area contributed by atoms with Gasteiger partial charge in [-0.2, -0.15) is 0 Å². The standard InChI is InChI=1S/C17H24N4O2S/c1-12-6-7-13(2)15(10-12)21-14(3)19-20-17(21)24-11-16(22)18-8-5-9-23-4/h6-7,10H,5,8-9,11H2,1-4H3,(H,18,22). The Labute approximate surface area is 147 Å². The molecular weight excluding hydrogens is 324 g/mol. The number of nitrogens with one attached hydrogen (secondary N) is 1. The molecule has 0 aliphatic carbocycles. The van der Waals surface area contributed by atoms with Crippen LogP contribution in [0, 0.1) is 20.8 Å². The molecule has 1 heterocycles. The number of thioether (sulfide) groups is 1. The number of rotatable bonds is 8. The summed E-state index contributed by atoms with van der Waals surface area (Å²) in [6.45, 7) is 7.31. The predicted octanol–water partition coefficient (Wildman–Crippen LogP) is 2.44. The Morgan fingerprint density at radius 3 is 2.83 bits per heavy atom. The molecule has 2 aromatic rings. The molecule has 24 heavy (non-hydrogen) atoms. The number of hydrogen-bond acceptors (Lipinski definition) is 5. The van der Waals surface area contributed by atoms with E-state index >= 15 is 0 Å². The molecular formula is C17H24N4O2S. The highest BCUT2D eigenvalue weighted by atomic mass is 32.2. The fourth-order valence-electron chi connectivity index (χ4n) is 2.30. The molecule has 0 radical (unpaired) electrons. The largest absolute Gasteiger partial charge is 0.385 e. The number of ether oxygens (including phenoxy) is 1. The maximum Gasteiger partial charge on any atom is 0.230 e. The minimum atomic E-state index is -0.00993. The van der Waals surface area contributed by atoms with Crippen LogP contribution in [0.15, 0.2) is 23.4 Å². The lowest BCUT2D eigenvalue weighted by atomic mass is 10.1. The molecule has 0 spiro atoms. The normalized spacial score (nSPS) is 10.8. The van der Waals surface area contributed by atoms with Gasteiger partial charge in [-0.15, -0.1) is 10.2 Å². The first-order valence-electron chi connectivity index (χ1n) is 7.91. The van der Waals surface area contributed by atoms with E-state index in [2.05, 4.69) is 47.6 Å². The zero-order chi connectivity index (χ0) is 17.5. The third-order valence-corrected chi connectivity index (χ3v) is 4.51. The highest BCUT2D eigenvalue weighted by Crippen LogP contribution is 2.24. The Morgan fingerprint density at radius 2 is 2.08 bits per heavy atom. The van der Waals surface area contributed by atoms with Gasteiger partial charge in [0.25, 0.3) is 0 Å². The molecule has 0 bridgehead atoms. The Hall–Kier alpha value is -1.86. The van der Waals surface area contributed by atoms with Crippen LogP contribution in [0.1, 0.15) is 23.4 Å². The number of carbonyl (C=O) groups is 1. The van der Waals surface area contributed by atoms with E-state index in [9.17, 15) is 4.79 Å². The van der Waals surface area contributed by atoms with Gasteiger partial charge in [0.05, 0.1) is 11.4 Å². The van der Waals surface area contributed by atoms with Crippen molar-refractivity contribution in [2.75, 3.05) is 26.0 Å². The zero-order valence-electron chi connectivity index (χ0n) is 14.6. The van der Waals surface area contributed by atoms with E-state index in [4.69, 9.17) is 4.74 Å². The van der Waals surface area contributed by atoms with Gasteiger partial charge in [0, 0.05) is 20.3 Å². The molecule has 2 rings (SSSR count). The fraction of sp³-hybridized carbons (Fsp3) is 0.471. The molecule has 0 aliphatic rings. The van der Waals surface area contributed by atoms with Crippen LogP contribution in [0.4, 0.5) is 0 Å². The number of hydrogen-bond donors (Lipinski definition) is 1. The number of methoxy groups -OCH3 is 1. The second-order valence-electron chi connectivity index (χ2n) is 5.64. The van der Waals surface area contributed by atoms with Crippen LogP contribution in [0.5, 0.6) is 0 Å². The van der Waals surface area contributed by atoms with Crippen LogP contribution in [-0.4, -0.2) is 46.7 Å². The van der Waals surface area contributed by atoms with Crippen LogP contribution in [0.3, 0.4) is 0 Å². The maximum absolute atomic E-state index is 11.9. The van der Waals surface area contributed by atoms with E-state index in [1.165, 1.54) is 17.3 Å². The fourth-order valence-corrected chi connectivity index (χ4v) is 3.12. The summed E-state index contributed by atoms with van der Waals surface area (Å²) >= 11 is 1.40. The second-order valence-corrected chi connectivity index (χ2v) is 6.58. The molecule has 0 saturated heterocycles. The first-order valence-corrected chi connectivity index (χ1v) is 8.89. The predicted molar refractivity (Wildman–Crippen MR) is 95.8 cm³/mol. The van der Waals surface area contributed by atoms with Crippen LogP contribution in [-0.2, 0) is 9.53 Å². The summed E-state index contributed by atoms with van der Waals surface area (Å²) in [5.74, 6) is 1.12. The van der Waals surface area contributed by atoms with Gasteiger partial charge in [-0.25, -0.2) is 0 Å². The Balaban J connectivity index is 2.05. The van der Waals surface area contributed by atoms with Crippen molar-refractivity contribution < 1.29 is 9.53 Å². The molecule has 1 N–H and O–H groups in total. The average molecular weight is 348 g/mol. The molecule has 1 aromatic carbocycles. The van der Waals surface area contributed by atoms with Crippen molar-refractivity contribution in [2.45, 2.75) is 32.3 Å². The Bertz CT molecular complexity index is 700. The van der Waals surface area contributed by atoms with E-state index in [0.717, 1.165) is 28.7 Å². The van der Waals surface area contributed by atoms with Gasteiger partial charge in [0.1, 0.15) is 5.82 Å². The molecule has 7 heteroatoms. The van der Waals surface area contributed by atoms with Gasteiger partial charge in [-0.1, -0.05) is 23.9 Å². The maximum atomic E-state index is 11.9. The monoisotopic (exact) mass is 348 g/mol. The molecule has 6 nitrogen and oxygen atoms in total. The van der Waals surface area contributed by atoms with E-state index < -0.39 is 0 Å². The summed E-state index contributed by atoms with van der Waals surface area (Å²) in [4.78, 5) is 11.9. The first kappa shape index (κ1) is 18.5. The average Bonchev–Trinajstić information content (AvgIpc) is 2.92. The van der Waals surface area contributed by atoms with Crippen molar-refractivity contribution in [1.29, 1.82) is 0 Å². The highest BCUT2D eigenvalue weighted by molar-refractivity contribution is 7.99. The van der Waals surface area contributed by atoms with Gasteiger partial charge < -0.3 is 10.1 Å².